The quantitative estimate of drug-likeness (QED) is 0.343. The monoisotopic (exact) mass is 457 g/mol. The van der Waals surface area contributed by atoms with Crippen LogP contribution in [0.2, 0.25) is 0 Å². The van der Waals surface area contributed by atoms with Crippen LogP contribution in [0.5, 0.6) is 0 Å². The van der Waals surface area contributed by atoms with Crippen LogP contribution in [0.25, 0.3) is 0 Å². The van der Waals surface area contributed by atoms with Crippen molar-refractivity contribution in [1.29, 1.82) is 0 Å². The van der Waals surface area contributed by atoms with Gasteiger partial charge in [-0.25, -0.2) is 0 Å². The van der Waals surface area contributed by atoms with E-state index >= 15 is 0 Å². The normalized spacial score (nSPS) is 40.7. The highest BCUT2D eigenvalue weighted by atomic mass is 16.5. The van der Waals surface area contributed by atoms with Crippen molar-refractivity contribution in [3.8, 4) is 0 Å². The van der Waals surface area contributed by atoms with E-state index in [1.54, 1.807) is 12.5 Å². The number of amides is 1. The van der Waals surface area contributed by atoms with Crippen LogP contribution in [0, 0.1) is 40.4 Å². The third kappa shape index (κ3) is 4.41. The molecule has 0 saturated heterocycles. The van der Waals surface area contributed by atoms with E-state index in [2.05, 4.69) is 33.8 Å². The van der Waals surface area contributed by atoms with Crippen LogP contribution in [0.15, 0.2) is 11.6 Å². The second-order valence-electron chi connectivity index (χ2n) is 12.5. The minimum Gasteiger partial charge on any atom is -0.463 e. The first kappa shape index (κ1) is 24.8. The molecule has 4 aliphatic carbocycles. The molecule has 0 aromatic rings. The Labute approximate surface area is 201 Å². The number of carbonyl (C=O) groups excluding carboxylic acids is 2. The van der Waals surface area contributed by atoms with Gasteiger partial charge in [-0.05, 0) is 98.2 Å². The van der Waals surface area contributed by atoms with Gasteiger partial charge in [0.2, 0.25) is 5.91 Å². The predicted octanol–water partition coefficient (Wildman–Crippen LogP) is 6.39. The maximum absolute atomic E-state index is 12.4. The van der Waals surface area contributed by atoms with E-state index in [0.717, 1.165) is 32.2 Å². The Morgan fingerprint density at radius 1 is 1.12 bits per heavy atom. The molecular weight excluding hydrogens is 410 g/mol. The van der Waals surface area contributed by atoms with Gasteiger partial charge in [0, 0.05) is 26.9 Å². The molecule has 3 fully saturated rings. The molecule has 4 nitrogen and oxygen atoms in total. The average molecular weight is 458 g/mol. The van der Waals surface area contributed by atoms with E-state index in [1.807, 2.05) is 11.9 Å². The average Bonchev–Trinajstić information content (AvgIpc) is 3.11. The summed E-state index contributed by atoms with van der Waals surface area (Å²) < 4.78 is 5.62. The largest absolute Gasteiger partial charge is 0.463 e. The topological polar surface area (TPSA) is 46.6 Å². The summed E-state index contributed by atoms with van der Waals surface area (Å²) in [6.45, 7) is 12.0. The van der Waals surface area contributed by atoms with Crippen molar-refractivity contribution < 1.29 is 14.3 Å². The number of allylic oxidation sites excluding steroid dienone is 2. The van der Waals surface area contributed by atoms with Crippen LogP contribution >= 0.6 is 0 Å². The summed E-state index contributed by atoms with van der Waals surface area (Å²) in [6.07, 6.45) is 14.0. The van der Waals surface area contributed by atoms with Crippen LogP contribution in [-0.2, 0) is 14.3 Å². The second-order valence-corrected chi connectivity index (χ2v) is 12.5. The van der Waals surface area contributed by atoms with Gasteiger partial charge in [-0.1, -0.05) is 39.3 Å². The predicted molar refractivity (Wildman–Crippen MR) is 132 cm³/mol. The zero-order chi connectivity index (χ0) is 24.0. The number of fused-ring (bicyclic) bond motifs is 5. The zero-order valence-corrected chi connectivity index (χ0v) is 22.0. The van der Waals surface area contributed by atoms with Gasteiger partial charge in [-0.2, -0.15) is 0 Å². The fraction of sp³-hybridized carbons (Fsp3) is 0.862. The van der Waals surface area contributed by atoms with Gasteiger partial charge in [0.25, 0.3) is 0 Å². The molecule has 186 valence electrons. The van der Waals surface area contributed by atoms with Gasteiger partial charge < -0.3 is 9.64 Å². The van der Waals surface area contributed by atoms with Crippen molar-refractivity contribution in [2.24, 2.45) is 40.4 Å². The van der Waals surface area contributed by atoms with Crippen LogP contribution in [0.1, 0.15) is 98.8 Å². The molecule has 0 bridgehead atoms. The number of ether oxygens (including phenoxy) is 1. The van der Waals surface area contributed by atoms with Crippen molar-refractivity contribution in [2.45, 2.75) is 105 Å². The first-order chi connectivity index (χ1) is 15.6. The summed E-state index contributed by atoms with van der Waals surface area (Å²) in [6, 6.07) is 0. The maximum Gasteiger partial charge on any atom is 0.302 e. The molecule has 0 spiro atoms. The van der Waals surface area contributed by atoms with Crippen LogP contribution < -0.4 is 0 Å². The molecule has 4 heteroatoms. The molecule has 0 heterocycles. The van der Waals surface area contributed by atoms with Crippen LogP contribution in [0.4, 0.5) is 0 Å². The highest BCUT2D eigenvalue weighted by Gasteiger charge is 2.58. The molecule has 0 N–H and O–H groups in total. The minimum atomic E-state index is -0.128. The summed E-state index contributed by atoms with van der Waals surface area (Å²) in [4.78, 5) is 25.9. The lowest BCUT2D eigenvalue weighted by Crippen LogP contribution is -2.50. The Morgan fingerprint density at radius 3 is 2.52 bits per heavy atom. The van der Waals surface area contributed by atoms with Crippen LogP contribution in [0.3, 0.4) is 0 Å². The standard InChI is InChI=1S/C29H47NO3/c1-7-8-27(32)30(6)18-19(2)24-11-12-25-23-10-9-21-17-22(33-20(3)31)13-15-28(21,4)26(23)14-16-29(24,25)5/h10,19,21-22,24-26H,7-9,11-18H2,1-6H3/t19-,21?,22+,24?,25?,26?,28+,29-/m1/s1. The third-order valence-electron chi connectivity index (χ3n) is 10.6. The first-order valence-corrected chi connectivity index (χ1v) is 13.7. The van der Waals surface area contributed by atoms with Crippen molar-refractivity contribution >= 4 is 11.9 Å². The van der Waals surface area contributed by atoms with E-state index < -0.39 is 0 Å². The Kier molecular flexibility index (Phi) is 7.05. The van der Waals surface area contributed by atoms with Crippen molar-refractivity contribution in [3.05, 3.63) is 11.6 Å². The van der Waals surface area contributed by atoms with Crippen molar-refractivity contribution in [2.75, 3.05) is 13.6 Å². The van der Waals surface area contributed by atoms with Crippen LogP contribution in [-0.4, -0.2) is 36.5 Å². The first-order valence-electron chi connectivity index (χ1n) is 13.7. The lowest BCUT2D eigenvalue weighted by atomic mass is 9.47. The SMILES string of the molecule is CCCC(=O)N(C)C[C@@H](C)C1CCC2C3=CCC4C[C@@H](OC(C)=O)CC[C@]4(C)C3CC[C@@]21C. The van der Waals surface area contributed by atoms with E-state index in [9.17, 15) is 9.59 Å². The molecule has 8 atom stereocenters. The van der Waals surface area contributed by atoms with Crippen molar-refractivity contribution in [3.63, 3.8) is 0 Å². The second kappa shape index (κ2) is 9.38. The lowest BCUT2D eigenvalue weighted by Gasteiger charge is -2.58. The fourth-order valence-electron chi connectivity index (χ4n) is 8.86. The number of carbonyl (C=O) groups is 2. The molecule has 3 saturated carbocycles. The van der Waals surface area contributed by atoms with E-state index in [0.29, 0.717) is 52.7 Å². The van der Waals surface area contributed by atoms with Gasteiger partial charge in [0.05, 0.1) is 0 Å². The lowest BCUT2D eigenvalue weighted by molar-refractivity contribution is -0.152. The van der Waals surface area contributed by atoms with Gasteiger partial charge >= 0.3 is 5.97 Å². The number of nitrogens with zero attached hydrogens (tertiary/aromatic N) is 1. The molecule has 1 amide bonds. The summed E-state index contributed by atoms with van der Waals surface area (Å²) in [5.41, 5.74) is 2.51. The van der Waals surface area contributed by atoms with Gasteiger partial charge in [-0.15, -0.1) is 0 Å². The molecule has 4 aliphatic rings. The van der Waals surface area contributed by atoms with Gasteiger partial charge in [-0.3, -0.25) is 9.59 Å². The molecule has 0 radical (unpaired) electrons. The molecular formula is C29H47NO3. The molecule has 0 aromatic heterocycles. The molecule has 4 unspecified atom stereocenters. The number of hydrogen-bond donors (Lipinski definition) is 0. The molecule has 0 aromatic carbocycles. The van der Waals surface area contributed by atoms with E-state index in [1.165, 1.54) is 32.1 Å². The summed E-state index contributed by atoms with van der Waals surface area (Å²) in [7, 11) is 2.00. The van der Waals surface area contributed by atoms with Gasteiger partial charge in [0.1, 0.15) is 6.10 Å². The molecule has 4 rings (SSSR count). The zero-order valence-electron chi connectivity index (χ0n) is 22.0. The Balaban J connectivity index is 1.48. The number of esters is 1. The number of rotatable bonds is 6. The van der Waals surface area contributed by atoms with Gasteiger partial charge in [0.15, 0.2) is 0 Å². The highest BCUT2D eigenvalue weighted by Crippen LogP contribution is 2.66. The Morgan fingerprint density at radius 2 is 1.82 bits per heavy atom. The summed E-state index contributed by atoms with van der Waals surface area (Å²) in [5, 5.41) is 0. The van der Waals surface area contributed by atoms with E-state index in [-0.39, 0.29) is 12.1 Å². The maximum atomic E-state index is 12.4. The fourth-order valence-corrected chi connectivity index (χ4v) is 8.86. The third-order valence-corrected chi connectivity index (χ3v) is 10.6. The van der Waals surface area contributed by atoms with Crippen molar-refractivity contribution in [1.82, 2.24) is 4.90 Å². The summed E-state index contributed by atoms with van der Waals surface area (Å²) >= 11 is 0. The number of hydrogen-bond acceptors (Lipinski definition) is 3. The Bertz CT molecular complexity index is 790. The minimum absolute atomic E-state index is 0.119. The Hall–Kier alpha value is -1.32. The smallest absolute Gasteiger partial charge is 0.302 e. The molecule has 33 heavy (non-hydrogen) atoms. The summed E-state index contributed by atoms with van der Waals surface area (Å²) in [5.74, 6) is 3.48. The molecule has 0 aliphatic heterocycles. The highest BCUT2D eigenvalue weighted by molar-refractivity contribution is 5.75. The van der Waals surface area contributed by atoms with E-state index in [4.69, 9.17) is 4.74 Å².